The molecule has 1 aromatic carbocycles. The van der Waals surface area contributed by atoms with Gasteiger partial charge in [-0.2, -0.15) is 0 Å². The number of allylic oxidation sites excluding steroid dienone is 7. The Hall–Kier alpha value is -2.15. The summed E-state index contributed by atoms with van der Waals surface area (Å²) in [6.45, 7) is 9.12. The van der Waals surface area contributed by atoms with E-state index in [1.807, 2.05) is 12.2 Å². The van der Waals surface area contributed by atoms with Crippen LogP contribution in [0.25, 0.3) is 6.08 Å². The maximum Gasteiger partial charge on any atom is 0.129 e. The smallest absolute Gasteiger partial charge is 0.129 e. The van der Waals surface area contributed by atoms with Gasteiger partial charge in [0.1, 0.15) is 5.83 Å². The summed E-state index contributed by atoms with van der Waals surface area (Å²) in [5, 5.41) is 0. The van der Waals surface area contributed by atoms with Gasteiger partial charge in [0.25, 0.3) is 0 Å². The van der Waals surface area contributed by atoms with Gasteiger partial charge in [0.05, 0.1) is 0 Å². The van der Waals surface area contributed by atoms with Crippen molar-refractivity contribution < 1.29 is 4.39 Å². The van der Waals surface area contributed by atoms with E-state index in [2.05, 4.69) is 50.4 Å². The summed E-state index contributed by atoms with van der Waals surface area (Å²) in [5.41, 5.74) is 2.97. The van der Waals surface area contributed by atoms with Crippen LogP contribution < -0.4 is 0 Å². The number of halogens is 1. The minimum atomic E-state index is -0.351. The lowest BCUT2D eigenvalue weighted by atomic mass is 10.1. The van der Waals surface area contributed by atoms with E-state index in [1.165, 1.54) is 23.3 Å². The van der Waals surface area contributed by atoms with Crippen molar-refractivity contribution in [3.05, 3.63) is 90.3 Å². The Morgan fingerprint density at radius 1 is 1.10 bits per heavy atom. The van der Waals surface area contributed by atoms with Crippen LogP contribution in [0.2, 0.25) is 0 Å². The lowest BCUT2D eigenvalue weighted by molar-refractivity contribution is 0.662. The minimum absolute atomic E-state index is 0.351. The molecular weight excluding hydrogens is 247 g/mol. The Morgan fingerprint density at radius 2 is 1.80 bits per heavy atom. The van der Waals surface area contributed by atoms with E-state index < -0.39 is 0 Å². The van der Waals surface area contributed by atoms with E-state index >= 15 is 0 Å². The third kappa shape index (κ3) is 5.23. The second-order valence-corrected chi connectivity index (χ2v) is 4.35. The summed E-state index contributed by atoms with van der Waals surface area (Å²) < 4.78 is 13.3. The van der Waals surface area contributed by atoms with Crippen molar-refractivity contribution in [1.82, 2.24) is 0 Å². The summed E-state index contributed by atoms with van der Waals surface area (Å²) in [6, 6.07) is 8.47. The highest BCUT2D eigenvalue weighted by atomic mass is 19.1. The number of hydrogen-bond donors (Lipinski definition) is 0. The van der Waals surface area contributed by atoms with Crippen LogP contribution in [0.3, 0.4) is 0 Å². The van der Waals surface area contributed by atoms with Crippen LogP contribution in [0, 0.1) is 0 Å². The van der Waals surface area contributed by atoms with Crippen LogP contribution in [0.4, 0.5) is 4.39 Å². The third-order valence-corrected chi connectivity index (χ3v) is 2.94. The topological polar surface area (TPSA) is 0 Å². The van der Waals surface area contributed by atoms with Gasteiger partial charge in [-0.05, 0) is 30.0 Å². The molecule has 0 bridgehead atoms. The number of aryl methyl sites for hydroxylation is 1. The molecule has 0 N–H and O–H groups in total. The first-order valence-corrected chi connectivity index (χ1v) is 6.78. The van der Waals surface area contributed by atoms with Crippen LogP contribution in [-0.4, -0.2) is 0 Å². The zero-order valence-electron chi connectivity index (χ0n) is 12.0. The van der Waals surface area contributed by atoms with Crippen LogP contribution in [0.1, 0.15) is 24.5 Å². The van der Waals surface area contributed by atoms with Gasteiger partial charge in [0, 0.05) is 5.57 Å². The molecule has 0 spiro atoms. The van der Waals surface area contributed by atoms with Crippen molar-refractivity contribution in [2.45, 2.75) is 19.8 Å². The molecule has 0 saturated carbocycles. The van der Waals surface area contributed by atoms with E-state index in [0.717, 1.165) is 12.8 Å². The summed E-state index contributed by atoms with van der Waals surface area (Å²) in [6.07, 6.45) is 12.2. The van der Waals surface area contributed by atoms with Gasteiger partial charge >= 0.3 is 0 Å². The molecule has 0 saturated heterocycles. The monoisotopic (exact) mass is 268 g/mol. The predicted octanol–water partition coefficient (Wildman–Crippen LogP) is 5.80. The zero-order chi connectivity index (χ0) is 14.8. The molecule has 20 heavy (non-hydrogen) atoms. The number of rotatable bonds is 7. The molecule has 0 aliphatic rings. The van der Waals surface area contributed by atoms with Crippen molar-refractivity contribution in [3.8, 4) is 0 Å². The van der Waals surface area contributed by atoms with Crippen molar-refractivity contribution in [3.63, 3.8) is 0 Å². The Bertz CT molecular complexity index is 527. The quantitative estimate of drug-likeness (QED) is 0.548. The molecule has 0 atom stereocenters. The molecule has 1 heteroatoms. The van der Waals surface area contributed by atoms with Crippen LogP contribution in [-0.2, 0) is 6.42 Å². The molecular formula is C19H21F. The predicted molar refractivity (Wildman–Crippen MR) is 87.1 cm³/mol. The van der Waals surface area contributed by atoms with E-state index in [9.17, 15) is 4.39 Å². The first-order chi connectivity index (χ1) is 9.71. The van der Waals surface area contributed by atoms with Crippen LogP contribution in [0.5, 0.6) is 0 Å². The molecule has 1 rings (SSSR count). The number of benzene rings is 1. The summed E-state index contributed by atoms with van der Waals surface area (Å²) in [7, 11) is 0. The highest BCUT2D eigenvalue weighted by Gasteiger charge is 1.93. The SMILES string of the molecule is C=C/C(F)=C(C=C)\C=C/C/C=C/c1ccc(CC)cc1. The molecule has 0 aliphatic carbocycles. The number of hydrogen-bond acceptors (Lipinski definition) is 0. The standard InChI is InChI=1S/C19H21F/c1-4-16-12-14-17(15-13-16)10-8-7-9-11-18(5-2)19(20)6-3/h5-6,8-15H,2-4,7H2,1H3/b10-8+,11-9-,19-18+. The van der Waals surface area contributed by atoms with Gasteiger partial charge in [-0.15, -0.1) is 0 Å². The van der Waals surface area contributed by atoms with Gasteiger partial charge in [-0.25, -0.2) is 4.39 Å². The van der Waals surface area contributed by atoms with Crippen LogP contribution in [0.15, 0.2) is 79.2 Å². The van der Waals surface area contributed by atoms with Gasteiger partial charge < -0.3 is 0 Å². The lowest BCUT2D eigenvalue weighted by Crippen LogP contribution is -1.79. The molecule has 0 amide bonds. The van der Waals surface area contributed by atoms with Gasteiger partial charge in [-0.3, -0.25) is 0 Å². The molecule has 0 unspecified atom stereocenters. The fourth-order valence-electron chi connectivity index (χ4n) is 1.71. The van der Waals surface area contributed by atoms with Crippen molar-refractivity contribution in [1.29, 1.82) is 0 Å². The Balaban J connectivity index is 2.56. The second-order valence-electron chi connectivity index (χ2n) is 4.35. The lowest BCUT2D eigenvalue weighted by Gasteiger charge is -1.97. The fourth-order valence-corrected chi connectivity index (χ4v) is 1.71. The highest BCUT2D eigenvalue weighted by molar-refractivity contribution is 5.50. The first kappa shape index (κ1) is 15.9. The molecule has 0 aromatic heterocycles. The largest absolute Gasteiger partial charge is 0.206 e. The van der Waals surface area contributed by atoms with Gasteiger partial charge in [0.2, 0.25) is 0 Å². The summed E-state index contributed by atoms with van der Waals surface area (Å²) in [4.78, 5) is 0. The minimum Gasteiger partial charge on any atom is -0.206 e. The fraction of sp³-hybridized carbons (Fsp3) is 0.158. The molecule has 0 heterocycles. The van der Waals surface area contributed by atoms with E-state index in [0.29, 0.717) is 5.57 Å². The second kappa shape index (κ2) is 8.87. The van der Waals surface area contributed by atoms with Gasteiger partial charge in [0.15, 0.2) is 0 Å². The molecule has 0 radical (unpaired) electrons. The maximum absolute atomic E-state index is 13.3. The molecule has 104 valence electrons. The van der Waals surface area contributed by atoms with Gasteiger partial charge in [-0.1, -0.05) is 74.7 Å². The third-order valence-electron chi connectivity index (χ3n) is 2.94. The maximum atomic E-state index is 13.3. The van der Waals surface area contributed by atoms with E-state index in [1.54, 1.807) is 6.08 Å². The Morgan fingerprint density at radius 3 is 2.35 bits per heavy atom. The van der Waals surface area contributed by atoms with E-state index in [-0.39, 0.29) is 5.83 Å². The first-order valence-electron chi connectivity index (χ1n) is 6.78. The van der Waals surface area contributed by atoms with Crippen molar-refractivity contribution in [2.24, 2.45) is 0 Å². The Labute approximate surface area is 121 Å². The average Bonchev–Trinajstić information content (AvgIpc) is 2.50. The summed E-state index contributed by atoms with van der Waals surface area (Å²) in [5.74, 6) is -0.351. The highest BCUT2D eigenvalue weighted by Crippen LogP contribution is 2.11. The van der Waals surface area contributed by atoms with Crippen LogP contribution >= 0.6 is 0 Å². The molecule has 0 aliphatic heterocycles. The van der Waals surface area contributed by atoms with E-state index in [4.69, 9.17) is 0 Å². The molecule has 0 fully saturated rings. The van der Waals surface area contributed by atoms with Crippen molar-refractivity contribution >= 4 is 6.08 Å². The van der Waals surface area contributed by atoms with Crippen molar-refractivity contribution in [2.75, 3.05) is 0 Å². The average molecular weight is 268 g/mol. The normalized spacial score (nSPS) is 12.7. The molecule has 1 aromatic rings. The summed E-state index contributed by atoms with van der Waals surface area (Å²) >= 11 is 0. The zero-order valence-corrected chi connectivity index (χ0v) is 12.0. The Kier molecular flexibility index (Phi) is 7.05. The molecule has 0 nitrogen and oxygen atoms in total.